The Morgan fingerprint density at radius 2 is 1.89 bits per heavy atom. The fraction of sp³-hybridized carbons (Fsp3) is 0.412. The summed E-state index contributed by atoms with van der Waals surface area (Å²) in [6.07, 6.45) is 7.03. The fourth-order valence-electron chi connectivity index (χ4n) is 2.98. The number of hydrogen-bond acceptors (Lipinski definition) is 2. The van der Waals surface area contributed by atoms with Crippen LogP contribution in [-0.4, -0.2) is 16.8 Å². The Labute approximate surface area is 120 Å². The molecule has 0 spiro atoms. The van der Waals surface area contributed by atoms with E-state index in [-0.39, 0.29) is 5.54 Å². The molecule has 100 valence electrons. The maximum Gasteiger partial charge on any atom is 0.0641 e. The molecule has 2 aliphatic rings. The lowest BCUT2D eigenvalue weighted by Crippen LogP contribution is -2.53. The Hall–Kier alpha value is -1.15. The first-order chi connectivity index (χ1) is 8.97. The van der Waals surface area contributed by atoms with Gasteiger partial charge >= 0.3 is 0 Å². The van der Waals surface area contributed by atoms with E-state index in [2.05, 4.69) is 75.1 Å². The molecule has 0 saturated carbocycles. The minimum Gasteiger partial charge on any atom is -0.358 e. The highest BCUT2D eigenvalue weighted by Gasteiger charge is 2.38. The Kier molecular flexibility index (Phi) is 3.01. The summed E-state index contributed by atoms with van der Waals surface area (Å²) in [7, 11) is 0. The van der Waals surface area contributed by atoms with Crippen LogP contribution in [-0.2, 0) is 0 Å². The second-order valence-electron chi connectivity index (χ2n) is 6.35. The van der Waals surface area contributed by atoms with Crippen LogP contribution in [0, 0.1) is 0 Å². The van der Waals surface area contributed by atoms with Gasteiger partial charge in [-0.2, -0.15) is 0 Å². The van der Waals surface area contributed by atoms with Crippen molar-refractivity contribution < 1.29 is 0 Å². The van der Waals surface area contributed by atoms with Gasteiger partial charge in [0.2, 0.25) is 0 Å². The lowest BCUT2D eigenvalue weighted by Gasteiger charge is -2.49. The molecular weight excluding hydrogens is 250 g/mol. The molecule has 0 N–H and O–H groups in total. The lowest BCUT2D eigenvalue weighted by molar-refractivity contribution is 0.465. The van der Waals surface area contributed by atoms with Crippen LogP contribution in [0.1, 0.15) is 27.7 Å². The van der Waals surface area contributed by atoms with Gasteiger partial charge in [0, 0.05) is 10.4 Å². The largest absolute Gasteiger partial charge is 0.358 e. The van der Waals surface area contributed by atoms with Gasteiger partial charge < -0.3 is 4.90 Å². The van der Waals surface area contributed by atoms with E-state index < -0.39 is 0 Å². The van der Waals surface area contributed by atoms with E-state index in [1.807, 2.05) is 11.8 Å². The van der Waals surface area contributed by atoms with Gasteiger partial charge in [0.1, 0.15) is 0 Å². The first kappa shape index (κ1) is 12.9. The molecule has 1 heterocycles. The average molecular weight is 271 g/mol. The molecular formula is C17H21NS. The van der Waals surface area contributed by atoms with Crippen LogP contribution in [0.15, 0.2) is 53.0 Å². The average Bonchev–Trinajstić information content (AvgIpc) is 2.34. The fourth-order valence-corrected chi connectivity index (χ4v) is 4.22. The van der Waals surface area contributed by atoms with Crippen molar-refractivity contribution in [3.05, 3.63) is 48.1 Å². The van der Waals surface area contributed by atoms with Crippen molar-refractivity contribution in [1.82, 2.24) is 0 Å². The SMILES string of the molecule is CC1=CC2C(C=C1)Sc1ccccc1N2C(C)(C)C. The summed E-state index contributed by atoms with van der Waals surface area (Å²) in [5, 5.41) is 0.526. The molecule has 0 fully saturated rings. The van der Waals surface area contributed by atoms with Crippen LogP contribution in [0.3, 0.4) is 0 Å². The van der Waals surface area contributed by atoms with Gasteiger partial charge in [-0.3, -0.25) is 0 Å². The third-order valence-electron chi connectivity index (χ3n) is 3.73. The molecule has 0 amide bonds. The number of anilines is 1. The highest BCUT2D eigenvalue weighted by atomic mass is 32.2. The molecule has 0 radical (unpaired) electrons. The molecule has 1 aliphatic heterocycles. The van der Waals surface area contributed by atoms with Crippen molar-refractivity contribution in [3.63, 3.8) is 0 Å². The molecule has 2 heteroatoms. The molecule has 0 saturated heterocycles. The van der Waals surface area contributed by atoms with Gasteiger partial charge in [-0.15, -0.1) is 11.8 Å². The number of allylic oxidation sites excluding steroid dienone is 2. The summed E-state index contributed by atoms with van der Waals surface area (Å²) in [4.78, 5) is 3.98. The lowest BCUT2D eigenvalue weighted by atomic mass is 9.94. The van der Waals surface area contributed by atoms with E-state index in [0.29, 0.717) is 11.3 Å². The smallest absolute Gasteiger partial charge is 0.0641 e. The zero-order chi connectivity index (χ0) is 13.6. The van der Waals surface area contributed by atoms with Crippen molar-refractivity contribution in [2.45, 2.75) is 49.4 Å². The van der Waals surface area contributed by atoms with E-state index >= 15 is 0 Å². The number of nitrogens with zero attached hydrogens (tertiary/aromatic N) is 1. The zero-order valence-corrected chi connectivity index (χ0v) is 12.9. The van der Waals surface area contributed by atoms with Crippen LogP contribution in [0.2, 0.25) is 0 Å². The van der Waals surface area contributed by atoms with Crippen molar-refractivity contribution in [3.8, 4) is 0 Å². The number of para-hydroxylation sites is 1. The van der Waals surface area contributed by atoms with Gasteiger partial charge in [0.15, 0.2) is 0 Å². The van der Waals surface area contributed by atoms with E-state index in [1.165, 1.54) is 16.2 Å². The summed E-state index contributed by atoms with van der Waals surface area (Å²) in [5.41, 5.74) is 2.87. The van der Waals surface area contributed by atoms with Gasteiger partial charge in [-0.1, -0.05) is 35.9 Å². The molecule has 2 atom stereocenters. The maximum atomic E-state index is 2.58. The normalized spacial score (nSPS) is 25.7. The monoisotopic (exact) mass is 271 g/mol. The Morgan fingerprint density at radius 3 is 2.63 bits per heavy atom. The molecule has 0 bridgehead atoms. The second-order valence-corrected chi connectivity index (χ2v) is 7.57. The number of benzene rings is 1. The van der Waals surface area contributed by atoms with Crippen LogP contribution in [0.5, 0.6) is 0 Å². The summed E-state index contributed by atoms with van der Waals surface area (Å²) in [6.45, 7) is 9.10. The molecule has 1 aliphatic carbocycles. The van der Waals surface area contributed by atoms with Crippen molar-refractivity contribution in [2.75, 3.05) is 4.90 Å². The van der Waals surface area contributed by atoms with Crippen LogP contribution < -0.4 is 4.90 Å². The predicted octanol–water partition coefficient (Wildman–Crippen LogP) is 4.65. The summed E-state index contributed by atoms with van der Waals surface area (Å²) in [6, 6.07) is 9.25. The topological polar surface area (TPSA) is 3.24 Å². The standard InChI is InChI=1S/C17H21NS/c1-12-9-10-16-14(11-12)18(17(2,3)4)13-7-5-6-8-15(13)19-16/h5-11,14,16H,1-4H3. The first-order valence-corrected chi connectivity index (χ1v) is 7.76. The molecule has 19 heavy (non-hydrogen) atoms. The van der Waals surface area contributed by atoms with Gasteiger partial charge in [0.25, 0.3) is 0 Å². The van der Waals surface area contributed by atoms with E-state index in [1.54, 1.807) is 0 Å². The van der Waals surface area contributed by atoms with Crippen molar-refractivity contribution in [1.29, 1.82) is 0 Å². The van der Waals surface area contributed by atoms with Crippen molar-refractivity contribution >= 4 is 17.4 Å². The highest BCUT2D eigenvalue weighted by Crippen LogP contribution is 2.46. The quantitative estimate of drug-likeness (QED) is 0.675. The zero-order valence-electron chi connectivity index (χ0n) is 12.1. The second kappa shape index (κ2) is 4.45. The Morgan fingerprint density at radius 1 is 1.16 bits per heavy atom. The maximum absolute atomic E-state index is 2.58. The molecule has 0 aromatic heterocycles. The van der Waals surface area contributed by atoms with Gasteiger partial charge in [-0.05, 0) is 39.8 Å². The third kappa shape index (κ3) is 2.23. The van der Waals surface area contributed by atoms with E-state index in [9.17, 15) is 0 Å². The van der Waals surface area contributed by atoms with Gasteiger partial charge in [-0.25, -0.2) is 0 Å². The minimum atomic E-state index is 0.127. The molecule has 1 aromatic rings. The molecule has 3 rings (SSSR count). The summed E-state index contributed by atoms with van der Waals surface area (Å²) < 4.78 is 0. The minimum absolute atomic E-state index is 0.127. The Bertz CT molecular complexity index is 551. The van der Waals surface area contributed by atoms with Crippen LogP contribution >= 0.6 is 11.8 Å². The van der Waals surface area contributed by atoms with Crippen molar-refractivity contribution in [2.24, 2.45) is 0 Å². The molecule has 1 nitrogen and oxygen atoms in total. The third-order valence-corrected chi connectivity index (χ3v) is 5.04. The Balaban J connectivity index is 2.14. The van der Waals surface area contributed by atoms with Crippen LogP contribution in [0.25, 0.3) is 0 Å². The molecule has 1 aromatic carbocycles. The number of rotatable bonds is 0. The van der Waals surface area contributed by atoms with Crippen LogP contribution in [0.4, 0.5) is 5.69 Å². The summed E-state index contributed by atoms with van der Waals surface area (Å²) in [5.74, 6) is 0. The first-order valence-electron chi connectivity index (χ1n) is 6.88. The summed E-state index contributed by atoms with van der Waals surface area (Å²) >= 11 is 1.99. The van der Waals surface area contributed by atoms with E-state index in [0.717, 1.165) is 0 Å². The molecule has 2 unspecified atom stereocenters. The van der Waals surface area contributed by atoms with Gasteiger partial charge in [0.05, 0.1) is 17.0 Å². The van der Waals surface area contributed by atoms with E-state index in [4.69, 9.17) is 0 Å². The number of thioether (sulfide) groups is 1. The number of fused-ring (bicyclic) bond motifs is 2. The predicted molar refractivity (Wildman–Crippen MR) is 85.0 cm³/mol. The number of hydrogen-bond donors (Lipinski definition) is 0. The highest BCUT2D eigenvalue weighted by molar-refractivity contribution is 8.00.